The Morgan fingerprint density at radius 2 is 0.821 bits per heavy atom. The van der Waals surface area contributed by atoms with Crippen molar-refractivity contribution in [2.45, 2.75) is 112 Å². The minimum absolute atomic E-state index is 0.0418. The quantitative estimate of drug-likeness (QED) is 0.173. The highest BCUT2D eigenvalue weighted by atomic mass is 16.6. The van der Waals surface area contributed by atoms with Crippen molar-refractivity contribution in [1.82, 2.24) is 9.80 Å². The van der Waals surface area contributed by atoms with E-state index in [1.807, 2.05) is 6.07 Å². The van der Waals surface area contributed by atoms with Gasteiger partial charge in [0.2, 0.25) is 0 Å². The maximum Gasteiger partial charge on any atom is 0.344 e. The number of carbonyl (C=O) groups is 7. The molecule has 2 aromatic carbocycles. The monoisotopic (exact) mass is 784 g/mol. The van der Waals surface area contributed by atoms with Crippen LogP contribution in [0.25, 0.3) is 0 Å². The Balaban J connectivity index is 2.63. The van der Waals surface area contributed by atoms with Crippen LogP contribution < -0.4 is 4.74 Å². The van der Waals surface area contributed by atoms with Gasteiger partial charge in [-0.05, 0) is 107 Å². The van der Waals surface area contributed by atoms with Crippen LogP contribution in [-0.2, 0) is 54.3 Å². The highest BCUT2D eigenvalue weighted by Crippen LogP contribution is 2.22. The molecule has 15 heteroatoms. The second kappa shape index (κ2) is 19.4. The molecule has 0 atom stereocenters. The molecule has 308 valence electrons. The van der Waals surface area contributed by atoms with Gasteiger partial charge in [0.25, 0.3) is 11.8 Å². The van der Waals surface area contributed by atoms with E-state index in [2.05, 4.69) is 0 Å². The Labute approximate surface area is 328 Å². The van der Waals surface area contributed by atoms with Crippen molar-refractivity contribution in [3.63, 3.8) is 0 Å². The number of benzene rings is 2. The van der Waals surface area contributed by atoms with Gasteiger partial charge in [-0.25, -0.2) is 4.79 Å². The Morgan fingerprint density at radius 1 is 0.482 bits per heavy atom. The van der Waals surface area contributed by atoms with Crippen LogP contribution >= 0.6 is 0 Å². The average molecular weight is 785 g/mol. The number of amides is 2. The lowest BCUT2D eigenvalue weighted by Gasteiger charge is -2.27. The summed E-state index contributed by atoms with van der Waals surface area (Å²) in [5.41, 5.74) is -3.49. The molecule has 2 amide bonds. The molecule has 0 aliphatic carbocycles. The van der Waals surface area contributed by atoms with Crippen LogP contribution in [0.4, 0.5) is 0 Å². The zero-order chi connectivity index (χ0) is 42.6. The van der Waals surface area contributed by atoms with Crippen LogP contribution in [-0.4, -0.2) is 107 Å². The predicted octanol–water partition coefficient (Wildman–Crippen LogP) is 5.06. The smallest absolute Gasteiger partial charge is 0.344 e. The van der Waals surface area contributed by atoms with E-state index in [4.69, 9.17) is 28.4 Å². The van der Waals surface area contributed by atoms with Gasteiger partial charge < -0.3 is 38.2 Å². The molecule has 2 aromatic rings. The highest BCUT2D eigenvalue weighted by molar-refractivity contribution is 6.03. The molecule has 2 rings (SSSR count). The van der Waals surface area contributed by atoms with Crippen molar-refractivity contribution in [3.8, 4) is 5.75 Å². The number of ether oxygens (including phenoxy) is 6. The lowest BCUT2D eigenvalue weighted by molar-refractivity contribution is -0.160. The van der Waals surface area contributed by atoms with Crippen molar-refractivity contribution in [2.24, 2.45) is 0 Å². The van der Waals surface area contributed by atoms with Gasteiger partial charge in [-0.1, -0.05) is 30.3 Å². The maximum absolute atomic E-state index is 14.2. The van der Waals surface area contributed by atoms with Gasteiger partial charge in [0.1, 0.15) is 60.9 Å². The molecule has 0 saturated carbocycles. The number of hydrogen-bond acceptors (Lipinski definition) is 13. The molecule has 0 aromatic heterocycles. The summed E-state index contributed by atoms with van der Waals surface area (Å²) in [7, 11) is 0. The van der Waals surface area contributed by atoms with E-state index in [0.717, 1.165) is 21.4 Å². The summed E-state index contributed by atoms with van der Waals surface area (Å²) in [6.07, 6.45) is 0. The molecule has 0 fully saturated rings. The van der Waals surface area contributed by atoms with Crippen LogP contribution in [0.5, 0.6) is 5.75 Å². The molecule has 56 heavy (non-hydrogen) atoms. The SMILES string of the molecule is CC(C)(C)OC(=O)CN(CC(=O)OC(C)(C)C)C(=O)c1cc(OCC(=O)OCc2ccccc2)cc(C(=O)N(CC(=O)OC(C)(C)C)CC(=O)OC(C)(C)C)c1. The molecule has 0 saturated heterocycles. The minimum Gasteiger partial charge on any atom is -0.482 e. The van der Waals surface area contributed by atoms with Gasteiger partial charge in [-0.2, -0.15) is 0 Å². The van der Waals surface area contributed by atoms with Gasteiger partial charge >= 0.3 is 29.8 Å². The van der Waals surface area contributed by atoms with Crippen molar-refractivity contribution >= 4 is 41.7 Å². The van der Waals surface area contributed by atoms with Gasteiger partial charge in [0.15, 0.2) is 6.61 Å². The van der Waals surface area contributed by atoms with Crippen molar-refractivity contribution in [3.05, 3.63) is 65.2 Å². The molecular formula is C41H56N2O13. The molecule has 0 aliphatic heterocycles. The fourth-order valence-corrected chi connectivity index (χ4v) is 4.73. The number of carbonyl (C=O) groups excluding carboxylic acids is 7. The molecule has 0 radical (unpaired) electrons. The highest BCUT2D eigenvalue weighted by Gasteiger charge is 2.31. The normalized spacial score (nSPS) is 11.8. The van der Waals surface area contributed by atoms with Crippen molar-refractivity contribution in [2.75, 3.05) is 32.8 Å². The fourth-order valence-electron chi connectivity index (χ4n) is 4.73. The second-order valence-corrected chi connectivity index (χ2v) is 16.8. The Kier molecular flexibility index (Phi) is 16.2. The van der Waals surface area contributed by atoms with E-state index in [-0.39, 0.29) is 23.5 Å². The standard InChI is InChI=1S/C41H56N2O13/c1-38(2,3)53-31(44)21-42(22-32(45)54-39(4,5)6)36(49)28-18-29(20-30(19-28)51-26-35(48)52-25-27-16-14-13-15-17-27)37(50)43(23-33(46)55-40(7,8)9)24-34(47)56-41(10,11)12/h13-20H,21-26H2,1-12H3. The lowest BCUT2D eigenvalue weighted by atomic mass is 10.1. The molecule has 0 spiro atoms. The minimum atomic E-state index is -0.925. The predicted molar refractivity (Wildman–Crippen MR) is 203 cm³/mol. The molecule has 0 heterocycles. The Morgan fingerprint density at radius 3 is 1.14 bits per heavy atom. The lowest BCUT2D eigenvalue weighted by Crippen LogP contribution is -2.44. The van der Waals surface area contributed by atoms with Crippen LogP contribution in [0.15, 0.2) is 48.5 Å². The molecular weight excluding hydrogens is 728 g/mol. The summed E-state index contributed by atoms with van der Waals surface area (Å²) in [6.45, 7) is 16.2. The average Bonchev–Trinajstić information content (AvgIpc) is 3.02. The Bertz CT molecular complexity index is 1570. The summed E-state index contributed by atoms with van der Waals surface area (Å²) >= 11 is 0. The summed E-state index contributed by atoms with van der Waals surface area (Å²) in [6, 6.07) is 12.4. The summed E-state index contributed by atoms with van der Waals surface area (Å²) < 4.78 is 32.6. The molecule has 0 aliphatic rings. The summed E-state index contributed by atoms with van der Waals surface area (Å²) in [5.74, 6) is -6.11. The largest absolute Gasteiger partial charge is 0.482 e. The van der Waals surface area contributed by atoms with Gasteiger partial charge in [0, 0.05) is 11.1 Å². The molecule has 0 N–H and O–H groups in total. The van der Waals surface area contributed by atoms with E-state index < -0.39 is 96.9 Å². The van der Waals surface area contributed by atoms with E-state index in [0.29, 0.717) is 0 Å². The van der Waals surface area contributed by atoms with E-state index in [1.54, 1.807) is 107 Å². The number of hydrogen-bond donors (Lipinski definition) is 0. The second-order valence-electron chi connectivity index (χ2n) is 16.8. The zero-order valence-corrected chi connectivity index (χ0v) is 34.6. The molecule has 0 unspecified atom stereocenters. The van der Waals surface area contributed by atoms with Crippen LogP contribution in [0, 0.1) is 0 Å². The van der Waals surface area contributed by atoms with Crippen molar-refractivity contribution in [1.29, 1.82) is 0 Å². The third kappa shape index (κ3) is 18.7. The first-order valence-corrected chi connectivity index (χ1v) is 18.0. The zero-order valence-electron chi connectivity index (χ0n) is 34.6. The first-order valence-electron chi connectivity index (χ1n) is 18.0. The maximum atomic E-state index is 14.2. The summed E-state index contributed by atoms with van der Waals surface area (Å²) in [5, 5.41) is 0. The van der Waals surface area contributed by atoms with Gasteiger partial charge in [0.05, 0.1) is 0 Å². The topological polar surface area (TPSA) is 181 Å². The first kappa shape index (κ1) is 46.7. The van der Waals surface area contributed by atoms with Crippen molar-refractivity contribution < 1.29 is 62.0 Å². The van der Waals surface area contributed by atoms with E-state index >= 15 is 0 Å². The third-order valence-electron chi connectivity index (χ3n) is 6.53. The third-order valence-corrected chi connectivity index (χ3v) is 6.53. The molecule has 15 nitrogen and oxygen atoms in total. The number of nitrogens with zero attached hydrogens (tertiary/aromatic N) is 2. The van der Waals surface area contributed by atoms with Crippen LogP contribution in [0.2, 0.25) is 0 Å². The fraction of sp³-hybridized carbons (Fsp3) is 0.537. The van der Waals surface area contributed by atoms with E-state index in [9.17, 15) is 33.6 Å². The number of rotatable bonds is 15. The summed E-state index contributed by atoms with van der Waals surface area (Å²) in [4.78, 5) is 94.7. The first-order chi connectivity index (χ1) is 25.6. The Hall–Kier alpha value is -5.47. The number of esters is 5. The van der Waals surface area contributed by atoms with Crippen LogP contribution in [0.1, 0.15) is 109 Å². The van der Waals surface area contributed by atoms with Crippen LogP contribution in [0.3, 0.4) is 0 Å². The van der Waals surface area contributed by atoms with Gasteiger partial charge in [-0.15, -0.1) is 0 Å². The van der Waals surface area contributed by atoms with Gasteiger partial charge in [-0.3, -0.25) is 28.8 Å². The van der Waals surface area contributed by atoms with E-state index in [1.165, 1.54) is 12.1 Å². The molecule has 0 bridgehead atoms.